The Kier molecular flexibility index (Phi) is 6.72. The van der Waals surface area contributed by atoms with E-state index < -0.39 is 5.97 Å². The molecule has 0 saturated heterocycles. The second-order valence-electron chi connectivity index (χ2n) is 5.36. The Morgan fingerprint density at radius 2 is 1.86 bits per heavy atom. The number of aryl methyl sites for hydroxylation is 1. The molecule has 0 spiro atoms. The van der Waals surface area contributed by atoms with Crippen LogP contribution in [0.1, 0.15) is 43.9 Å². The first kappa shape index (κ1) is 17.0. The molecule has 3 N–H and O–H groups in total. The van der Waals surface area contributed by atoms with Gasteiger partial charge in [0.25, 0.3) is 0 Å². The summed E-state index contributed by atoms with van der Waals surface area (Å²) in [5.41, 5.74) is 2.21. The van der Waals surface area contributed by atoms with Crippen molar-refractivity contribution >= 4 is 12.0 Å². The molecule has 0 aromatic heterocycles. The number of aliphatic carboxylic acids is 1. The molecule has 0 saturated carbocycles. The number of carboxylic acids is 1. The maximum atomic E-state index is 11.8. The number of urea groups is 1. The Morgan fingerprint density at radius 3 is 2.38 bits per heavy atom. The molecule has 0 aliphatic rings. The van der Waals surface area contributed by atoms with Crippen molar-refractivity contribution in [3.05, 3.63) is 35.4 Å². The number of carbonyl (C=O) groups excluding carboxylic acids is 1. The summed E-state index contributed by atoms with van der Waals surface area (Å²) in [6.45, 7) is 6.22. The lowest BCUT2D eigenvalue weighted by Crippen LogP contribution is -2.39. The second-order valence-corrected chi connectivity index (χ2v) is 5.36. The van der Waals surface area contributed by atoms with E-state index in [0.29, 0.717) is 6.54 Å². The molecular formula is C16H24N2O3. The van der Waals surface area contributed by atoms with Crippen LogP contribution in [-0.2, 0) is 4.79 Å². The molecule has 0 bridgehead atoms. The van der Waals surface area contributed by atoms with Gasteiger partial charge >= 0.3 is 12.0 Å². The van der Waals surface area contributed by atoms with Gasteiger partial charge < -0.3 is 15.7 Å². The van der Waals surface area contributed by atoms with Crippen LogP contribution in [0.4, 0.5) is 4.79 Å². The number of amides is 2. The Bertz CT molecular complexity index is 471. The van der Waals surface area contributed by atoms with Gasteiger partial charge in [-0.25, -0.2) is 4.79 Å². The molecule has 0 radical (unpaired) electrons. The average molecular weight is 292 g/mol. The number of nitrogens with one attached hydrogen (secondary N) is 2. The molecule has 1 rings (SSSR count). The first-order valence-corrected chi connectivity index (χ1v) is 7.25. The van der Waals surface area contributed by atoms with Crippen LogP contribution in [0.5, 0.6) is 0 Å². The minimum absolute atomic E-state index is 0.0390. The molecule has 0 fully saturated rings. The monoisotopic (exact) mass is 292 g/mol. The molecule has 116 valence electrons. The van der Waals surface area contributed by atoms with Gasteiger partial charge in [0, 0.05) is 13.0 Å². The quantitative estimate of drug-likeness (QED) is 0.723. The number of carbonyl (C=O) groups is 2. The minimum atomic E-state index is -0.836. The topological polar surface area (TPSA) is 78.4 Å². The Morgan fingerprint density at radius 1 is 1.24 bits per heavy atom. The summed E-state index contributed by atoms with van der Waals surface area (Å²) < 4.78 is 0. The normalized spacial score (nSPS) is 13.3. The van der Waals surface area contributed by atoms with Crippen LogP contribution in [0.15, 0.2) is 24.3 Å². The minimum Gasteiger partial charge on any atom is -0.481 e. The fourth-order valence-corrected chi connectivity index (χ4v) is 2.03. The number of benzene rings is 1. The van der Waals surface area contributed by atoms with Crippen LogP contribution >= 0.6 is 0 Å². The summed E-state index contributed by atoms with van der Waals surface area (Å²) in [6.07, 6.45) is 0.796. The second kappa shape index (κ2) is 8.29. The number of hydrogen-bond donors (Lipinski definition) is 3. The lowest BCUT2D eigenvalue weighted by atomic mass is 10.0. The average Bonchev–Trinajstić information content (AvgIpc) is 2.43. The van der Waals surface area contributed by atoms with Crippen LogP contribution in [0.25, 0.3) is 0 Å². The molecule has 21 heavy (non-hydrogen) atoms. The highest BCUT2D eigenvalue weighted by atomic mass is 16.4. The largest absolute Gasteiger partial charge is 0.481 e. The van der Waals surface area contributed by atoms with Crippen molar-refractivity contribution < 1.29 is 14.7 Å². The van der Waals surface area contributed by atoms with E-state index in [-0.39, 0.29) is 24.4 Å². The molecular weight excluding hydrogens is 268 g/mol. The van der Waals surface area contributed by atoms with Crippen molar-refractivity contribution in [2.75, 3.05) is 6.54 Å². The first-order valence-electron chi connectivity index (χ1n) is 7.25. The molecule has 1 aromatic rings. The highest BCUT2D eigenvalue weighted by Gasteiger charge is 2.14. The van der Waals surface area contributed by atoms with Gasteiger partial charge in [-0.15, -0.1) is 0 Å². The van der Waals surface area contributed by atoms with Crippen LogP contribution in [-0.4, -0.2) is 23.7 Å². The summed E-state index contributed by atoms with van der Waals surface area (Å²) in [6, 6.07) is 7.62. The van der Waals surface area contributed by atoms with E-state index in [1.165, 1.54) is 5.56 Å². The van der Waals surface area contributed by atoms with Crippen molar-refractivity contribution in [2.45, 2.75) is 39.7 Å². The fraction of sp³-hybridized carbons (Fsp3) is 0.500. The van der Waals surface area contributed by atoms with Crippen molar-refractivity contribution in [3.63, 3.8) is 0 Å². The van der Waals surface area contributed by atoms with Crippen molar-refractivity contribution in [2.24, 2.45) is 5.92 Å². The van der Waals surface area contributed by atoms with Crippen LogP contribution in [0, 0.1) is 12.8 Å². The summed E-state index contributed by atoms with van der Waals surface area (Å²) >= 11 is 0. The molecule has 2 unspecified atom stereocenters. The number of hydrogen-bond acceptors (Lipinski definition) is 2. The summed E-state index contributed by atoms with van der Waals surface area (Å²) in [5.74, 6) is -0.875. The third-order valence-corrected chi connectivity index (χ3v) is 3.52. The Balaban J connectivity index is 2.42. The Labute approximate surface area is 125 Å². The van der Waals surface area contributed by atoms with Crippen molar-refractivity contribution in [3.8, 4) is 0 Å². The van der Waals surface area contributed by atoms with E-state index in [4.69, 9.17) is 5.11 Å². The van der Waals surface area contributed by atoms with E-state index >= 15 is 0 Å². The summed E-state index contributed by atoms with van der Waals surface area (Å²) in [4.78, 5) is 22.5. The zero-order valence-corrected chi connectivity index (χ0v) is 12.8. The van der Waals surface area contributed by atoms with Gasteiger partial charge in [0.05, 0.1) is 6.04 Å². The fourth-order valence-electron chi connectivity index (χ4n) is 2.03. The standard InChI is InChI=1S/C16H24N2O3/c1-4-13(9-15(19)20)10-17-16(21)18-12(3)14-7-5-11(2)6-8-14/h5-8,12-13H,4,9-10H2,1-3H3,(H,19,20)(H2,17,18,21). The summed E-state index contributed by atoms with van der Waals surface area (Å²) in [7, 11) is 0. The molecule has 0 aliphatic heterocycles. The molecule has 0 aliphatic carbocycles. The molecule has 5 nitrogen and oxygen atoms in total. The first-order chi connectivity index (χ1) is 9.92. The van der Waals surface area contributed by atoms with E-state index in [1.54, 1.807) is 0 Å². The molecule has 5 heteroatoms. The molecule has 0 heterocycles. The van der Waals surface area contributed by atoms with Crippen LogP contribution in [0.2, 0.25) is 0 Å². The van der Waals surface area contributed by atoms with Crippen LogP contribution in [0.3, 0.4) is 0 Å². The number of rotatable bonds is 7. The molecule has 2 amide bonds. The van der Waals surface area contributed by atoms with Crippen LogP contribution < -0.4 is 10.6 Å². The van der Waals surface area contributed by atoms with Gasteiger partial charge in [0.15, 0.2) is 0 Å². The number of carboxylic acid groups (broad SMARTS) is 1. The van der Waals surface area contributed by atoms with Gasteiger partial charge in [0.2, 0.25) is 0 Å². The van der Waals surface area contributed by atoms with Gasteiger partial charge in [-0.3, -0.25) is 4.79 Å². The molecule has 1 aromatic carbocycles. The van der Waals surface area contributed by atoms with Gasteiger partial charge in [-0.2, -0.15) is 0 Å². The zero-order valence-electron chi connectivity index (χ0n) is 12.8. The predicted molar refractivity (Wildman–Crippen MR) is 82.2 cm³/mol. The van der Waals surface area contributed by atoms with E-state index in [9.17, 15) is 9.59 Å². The SMILES string of the molecule is CCC(CNC(=O)NC(C)c1ccc(C)cc1)CC(=O)O. The maximum Gasteiger partial charge on any atom is 0.315 e. The highest BCUT2D eigenvalue weighted by Crippen LogP contribution is 2.13. The Hall–Kier alpha value is -2.04. The molecule has 2 atom stereocenters. The zero-order chi connectivity index (χ0) is 15.8. The third-order valence-electron chi connectivity index (χ3n) is 3.52. The van der Waals surface area contributed by atoms with E-state index in [2.05, 4.69) is 10.6 Å². The van der Waals surface area contributed by atoms with E-state index in [1.807, 2.05) is 45.0 Å². The lowest BCUT2D eigenvalue weighted by molar-refractivity contribution is -0.138. The van der Waals surface area contributed by atoms with Crippen molar-refractivity contribution in [1.82, 2.24) is 10.6 Å². The summed E-state index contributed by atoms with van der Waals surface area (Å²) in [5, 5.41) is 14.4. The van der Waals surface area contributed by atoms with E-state index in [0.717, 1.165) is 12.0 Å². The third kappa shape index (κ3) is 6.29. The lowest BCUT2D eigenvalue weighted by Gasteiger charge is -2.17. The van der Waals surface area contributed by atoms with Crippen molar-refractivity contribution in [1.29, 1.82) is 0 Å². The van der Waals surface area contributed by atoms with Gasteiger partial charge in [-0.1, -0.05) is 43.2 Å². The predicted octanol–water partition coefficient (Wildman–Crippen LogP) is 2.86. The maximum absolute atomic E-state index is 11.8. The highest BCUT2D eigenvalue weighted by molar-refractivity contribution is 5.74. The smallest absolute Gasteiger partial charge is 0.315 e. The van der Waals surface area contributed by atoms with Gasteiger partial charge in [0.1, 0.15) is 0 Å². The van der Waals surface area contributed by atoms with Gasteiger partial charge in [-0.05, 0) is 25.3 Å².